The van der Waals surface area contributed by atoms with Crippen molar-refractivity contribution in [3.8, 4) is 5.75 Å². The molecule has 2 aromatic carbocycles. The summed E-state index contributed by atoms with van der Waals surface area (Å²) in [6, 6.07) is 18.5. The minimum atomic E-state index is 0.113. The van der Waals surface area contributed by atoms with Crippen molar-refractivity contribution in [3.05, 3.63) is 66.4 Å². The molecule has 0 bridgehead atoms. The van der Waals surface area contributed by atoms with Crippen molar-refractivity contribution in [1.82, 2.24) is 9.88 Å². The van der Waals surface area contributed by atoms with Gasteiger partial charge in [0.15, 0.2) is 0 Å². The van der Waals surface area contributed by atoms with E-state index in [1.54, 1.807) is 0 Å². The summed E-state index contributed by atoms with van der Waals surface area (Å²) in [6.45, 7) is 4.13. The van der Waals surface area contributed by atoms with Crippen LogP contribution in [0.1, 0.15) is 5.56 Å². The lowest BCUT2D eigenvalue weighted by Crippen LogP contribution is -2.44. The van der Waals surface area contributed by atoms with Gasteiger partial charge in [0, 0.05) is 31.3 Å². The zero-order valence-corrected chi connectivity index (χ0v) is 13.7. The van der Waals surface area contributed by atoms with E-state index in [4.69, 9.17) is 9.47 Å². The fraction of sp³-hybridized carbons (Fsp3) is 0.300. The number of H-pyrrole nitrogens is 1. The zero-order valence-electron chi connectivity index (χ0n) is 13.7. The molecule has 1 fully saturated rings. The van der Waals surface area contributed by atoms with E-state index in [9.17, 15) is 0 Å². The average Bonchev–Trinajstić information content (AvgIpc) is 3.11. The number of para-hydroxylation sites is 2. The fourth-order valence-corrected chi connectivity index (χ4v) is 3.25. The number of rotatable bonds is 5. The van der Waals surface area contributed by atoms with Crippen LogP contribution in [-0.2, 0) is 11.3 Å². The van der Waals surface area contributed by atoms with Gasteiger partial charge in [-0.2, -0.15) is 0 Å². The molecule has 4 rings (SSSR count). The van der Waals surface area contributed by atoms with Crippen molar-refractivity contribution < 1.29 is 9.47 Å². The van der Waals surface area contributed by atoms with Gasteiger partial charge in [-0.25, -0.2) is 0 Å². The SMILES string of the molecule is c1ccc(OC[C@@H]2CN(Cc3cccc4cc[nH]c34)CCO2)cc1. The molecule has 1 aliphatic heterocycles. The number of nitrogens with one attached hydrogen (secondary N) is 1. The summed E-state index contributed by atoms with van der Waals surface area (Å²) in [4.78, 5) is 5.80. The molecule has 4 nitrogen and oxygen atoms in total. The summed E-state index contributed by atoms with van der Waals surface area (Å²) < 4.78 is 11.7. The predicted octanol–water partition coefficient (Wildman–Crippen LogP) is 3.45. The minimum absolute atomic E-state index is 0.113. The second-order valence-electron chi connectivity index (χ2n) is 6.21. The maximum absolute atomic E-state index is 5.87. The van der Waals surface area contributed by atoms with E-state index in [-0.39, 0.29) is 6.10 Å². The van der Waals surface area contributed by atoms with Crippen molar-refractivity contribution >= 4 is 10.9 Å². The third-order valence-electron chi connectivity index (χ3n) is 4.47. The van der Waals surface area contributed by atoms with Crippen LogP contribution in [0.5, 0.6) is 5.75 Å². The molecule has 1 saturated heterocycles. The van der Waals surface area contributed by atoms with Crippen molar-refractivity contribution in [3.63, 3.8) is 0 Å². The molecular formula is C20H22N2O2. The van der Waals surface area contributed by atoms with Gasteiger partial charge in [0.1, 0.15) is 18.5 Å². The molecular weight excluding hydrogens is 300 g/mol. The van der Waals surface area contributed by atoms with E-state index < -0.39 is 0 Å². The number of hydrogen-bond donors (Lipinski definition) is 1. The molecule has 3 aromatic rings. The molecule has 0 unspecified atom stereocenters. The number of nitrogens with zero attached hydrogens (tertiary/aromatic N) is 1. The molecule has 0 amide bonds. The van der Waals surface area contributed by atoms with Crippen LogP contribution >= 0.6 is 0 Å². The highest BCUT2D eigenvalue weighted by molar-refractivity contribution is 5.82. The summed E-state index contributed by atoms with van der Waals surface area (Å²) in [5, 5.41) is 1.27. The number of aromatic amines is 1. The number of benzene rings is 2. The Kier molecular flexibility index (Phi) is 4.49. The Morgan fingerprint density at radius 2 is 2.00 bits per heavy atom. The number of fused-ring (bicyclic) bond motifs is 1. The normalized spacial score (nSPS) is 18.8. The maximum atomic E-state index is 5.87. The summed E-state index contributed by atoms with van der Waals surface area (Å²) in [5.74, 6) is 0.898. The van der Waals surface area contributed by atoms with Crippen LogP contribution < -0.4 is 4.74 Å². The van der Waals surface area contributed by atoms with Gasteiger partial charge >= 0.3 is 0 Å². The van der Waals surface area contributed by atoms with E-state index in [2.05, 4.69) is 34.1 Å². The van der Waals surface area contributed by atoms with Crippen LogP contribution in [0.2, 0.25) is 0 Å². The second kappa shape index (κ2) is 7.07. The van der Waals surface area contributed by atoms with Crippen LogP contribution in [0.25, 0.3) is 10.9 Å². The van der Waals surface area contributed by atoms with Gasteiger partial charge in [0.05, 0.1) is 6.61 Å². The van der Waals surface area contributed by atoms with Crippen LogP contribution in [-0.4, -0.2) is 42.3 Å². The van der Waals surface area contributed by atoms with E-state index in [1.165, 1.54) is 16.5 Å². The van der Waals surface area contributed by atoms with E-state index in [0.29, 0.717) is 6.61 Å². The first-order valence-corrected chi connectivity index (χ1v) is 8.45. The van der Waals surface area contributed by atoms with Gasteiger partial charge in [0.25, 0.3) is 0 Å². The Morgan fingerprint density at radius 3 is 2.92 bits per heavy atom. The molecule has 0 spiro atoms. The fourth-order valence-electron chi connectivity index (χ4n) is 3.25. The number of aromatic nitrogens is 1. The lowest BCUT2D eigenvalue weighted by atomic mass is 10.1. The zero-order chi connectivity index (χ0) is 16.2. The van der Waals surface area contributed by atoms with Crippen LogP contribution in [0, 0.1) is 0 Å². The first kappa shape index (κ1) is 15.2. The lowest BCUT2D eigenvalue weighted by Gasteiger charge is -2.32. The van der Waals surface area contributed by atoms with Gasteiger partial charge in [-0.15, -0.1) is 0 Å². The highest BCUT2D eigenvalue weighted by atomic mass is 16.5. The summed E-state index contributed by atoms with van der Waals surface area (Å²) >= 11 is 0. The molecule has 24 heavy (non-hydrogen) atoms. The molecule has 1 N–H and O–H groups in total. The molecule has 0 aliphatic carbocycles. The van der Waals surface area contributed by atoms with E-state index >= 15 is 0 Å². The van der Waals surface area contributed by atoms with Gasteiger partial charge in [0.2, 0.25) is 0 Å². The predicted molar refractivity (Wildman–Crippen MR) is 95.3 cm³/mol. The van der Waals surface area contributed by atoms with Crippen molar-refractivity contribution in [2.24, 2.45) is 0 Å². The highest BCUT2D eigenvalue weighted by Gasteiger charge is 2.21. The molecule has 1 atom stereocenters. The van der Waals surface area contributed by atoms with E-state index in [0.717, 1.165) is 32.0 Å². The Hall–Kier alpha value is -2.30. The Bertz CT molecular complexity index is 784. The Balaban J connectivity index is 1.37. The van der Waals surface area contributed by atoms with Gasteiger partial charge in [-0.1, -0.05) is 36.4 Å². The topological polar surface area (TPSA) is 37.5 Å². The first-order valence-electron chi connectivity index (χ1n) is 8.45. The summed E-state index contributed by atoms with van der Waals surface area (Å²) in [6.07, 6.45) is 2.12. The largest absolute Gasteiger partial charge is 0.491 e. The smallest absolute Gasteiger partial charge is 0.119 e. The molecule has 0 radical (unpaired) electrons. The summed E-state index contributed by atoms with van der Waals surface area (Å²) in [5.41, 5.74) is 2.57. The van der Waals surface area contributed by atoms with E-state index in [1.807, 2.05) is 36.5 Å². The molecule has 1 aromatic heterocycles. The summed E-state index contributed by atoms with van der Waals surface area (Å²) in [7, 11) is 0. The Labute approximate surface area is 142 Å². The maximum Gasteiger partial charge on any atom is 0.119 e. The average molecular weight is 322 g/mol. The molecule has 4 heteroatoms. The van der Waals surface area contributed by atoms with Crippen molar-refractivity contribution in [2.45, 2.75) is 12.6 Å². The third kappa shape index (κ3) is 3.45. The van der Waals surface area contributed by atoms with Gasteiger partial charge < -0.3 is 14.5 Å². The van der Waals surface area contributed by atoms with Crippen LogP contribution in [0.15, 0.2) is 60.8 Å². The highest BCUT2D eigenvalue weighted by Crippen LogP contribution is 2.20. The standard InChI is InChI=1S/C20H22N2O2/c1-2-7-18(8-3-1)24-15-19-14-22(11-12-23-19)13-17-6-4-5-16-9-10-21-20(16)17/h1-10,19,21H,11-15H2/t19-/m0/s1. The van der Waals surface area contributed by atoms with Gasteiger partial charge in [-0.3, -0.25) is 4.90 Å². The lowest BCUT2D eigenvalue weighted by molar-refractivity contribution is -0.0503. The number of morpholine rings is 1. The third-order valence-corrected chi connectivity index (χ3v) is 4.47. The molecule has 124 valence electrons. The number of ether oxygens (including phenoxy) is 2. The Morgan fingerprint density at radius 1 is 1.08 bits per heavy atom. The number of hydrogen-bond acceptors (Lipinski definition) is 3. The monoisotopic (exact) mass is 322 g/mol. The second-order valence-corrected chi connectivity index (χ2v) is 6.21. The molecule has 0 saturated carbocycles. The molecule has 2 heterocycles. The first-order chi connectivity index (χ1) is 11.9. The molecule has 1 aliphatic rings. The van der Waals surface area contributed by atoms with Crippen molar-refractivity contribution in [1.29, 1.82) is 0 Å². The van der Waals surface area contributed by atoms with Gasteiger partial charge in [-0.05, 0) is 29.1 Å². The quantitative estimate of drug-likeness (QED) is 0.782. The van der Waals surface area contributed by atoms with Crippen LogP contribution in [0.3, 0.4) is 0 Å². The van der Waals surface area contributed by atoms with Crippen molar-refractivity contribution in [2.75, 3.05) is 26.3 Å². The minimum Gasteiger partial charge on any atom is -0.491 e. The van der Waals surface area contributed by atoms with Crippen LogP contribution in [0.4, 0.5) is 0 Å².